The lowest BCUT2D eigenvalue weighted by Gasteiger charge is -2.10. The summed E-state index contributed by atoms with van der Waals surface area (Å²) in [6.45, 7) is 6.81. The summed E-state index contributed by atoms with van der Waals surface area (Å²) < 4.78 is 0. The van der Waals surface area contributed by atoms with Gasteiger partial charge in [0, 0.05) is 19.3 Å². The van der Waals surface area contributed by atoms with E-state index in [1.807, 2.05) is 20.2 Å². The van der Waals surface area contributed by atoms with Gasteiger partial charge in [-0.05, 0) is 45.1 Å². The highest BCUT2D eigenvalue weighted by Crippen LogP contribution is 2.06. The van der Waals surface area contributed by atoms with Crippen LogP contribution in [0.2, 0.25) is 0 Å². The van der Waals surface area contributed by atoms with E-state index in [0.717, 1.165) is 25.3 Å². The van der Waals surface area contributed by atoms with Gasteiger partial charge in [-0.3, -0.25) is 4.79 Å². The van der Waals surface area contributed by atoms with Crippen molar-refractivity contribution in [3.8, 4) is 0 Å². The van der Waals surface area contributed by atoms with Gasteiger partial charge < -0.3 is 15.5 Å². The van der Waals surface area contributed by atoms with E-state index in [1.165, 1.54) is 0 Å². The fourth-order valence-electron chi connectivity index (χ4n) is 1.64. The smallest absolute Gasteiger partial charge is 0.252 e. The van der Waals surface area contributed by atoms with E-state index in [-0.39, 0.29) is 5.91 Å². The average Bonchev–Trinajstić information content (AvgIpc) is 2.41. The number of nitrogens with zero attached hydrogens (tertiary/aromatic N) is 2. The molecule has 0 aliphatic heterocycles. The fraction of sp³-hybridized carbons (Fsp3) is 0.600. The molecule has 0 fully saturated rings. The van der Waals surface area contributed by atoms with Crippen molar-refractivity contribution in [2.75, 3.05) is 39.0 Å². The molecule has 0 bridgehead atoms. The van der Waals surface area contributed by atoms with E-state index >= 15 is 0 Å². The number of nitrogens with one attached hydrogen (secondary N) is 2. The zero-order chi connectivity index (χ0) is 15.0. The quantitative estimate of drug-likeness (QED) is 0.712. The van der Waals surface area contributed by atoms with E-state index in [2.05, 4.69) is 34.4 Å². The lowest BCUT2D eigenvalue weighted by molar-refractivity contribution is 0.0952. The SMILES string of the molecule is CC(C)CNc1ccc(C(=O)NCCCN(C)C)cn1. The largest absolute Gasteiger partial charge is 0.370 e. The second kappa shape index (κ2) is 8.53. The third-order valence-corrected chi connectivity index (χ3v) is 2.78. The number of hydrogen-bond acceptors (Lipinski definition) is 4. The summed E-state index contributed by atoms with van der Waals surface area (Å²) in [6.07, 6.45) is 2.56. The maximum absolute atomic E-state index is 11.9. The summed E-state index contributed by atoms with van der Waals surface area (Å²) in [5.41, 5.74) is 0.602. The maximum atomic E-state index is 11.9. The standard InChI is InChI=1S/C15H26N4O/c1-12(2)10-17-14-7-6-13(11-18-14)15(20)16-8-5-9-19(3)4/h6-7,11-12H,5,8-10H2,1-4H3,(H,16,20)(H,17,18). The minimum atomic E-state index is -0.0633. The summed E-state index contributed by atoms with van der Waals surface area (Å²) in [7, 11) is 4.04. The van der Waals surface area contributed by atoms with Crippen LogP contribution in [0.15, 0.2) is 18.3 Å². The molecular weight excluding hydrogens is 252 g/mol. The Labute approximate surface area is 121 Å². The highest BCUT2D eigenvalue weighted by molar-refractivity contribution is 5.93. The second-order valence-electron chi connectivity index (χ2n) is 5.62. The van der Waals surface area contributed by atoms with Crippen molar-refractivity contribution >= 4 is 11.7 Å². The van der Waals surface area contributed by atoms with Gasteiger partial charge in [-0.2, -0.15) is 0 Å². The molecule has 0 unspecified atom stereocenters. The van der Waals surface area contributed by atoms with E-state index in [1.54, 1.807) is 12.3 Å². The van der Waals surface area contributed by atoms with Crippen LogP contribution in [0.25, 0.3) is 0 Å². The molecular formula is C15H26N4O. The fourth-order valence-corrected chi connectivity index (χ4v) is 1.64. The van der Waals surface area contributed by atoms with Crippen LogP contribution in [-0.2, 0) is 0 Å². The molecule has 1 amide bonds. The summed E-state index contributed by atoms with van der Waals surface area (Å²) in [6, 6.07) is 3.65. The van der Waals surface area contributed by atoms with E-state index < -0.39 is 0 Å². The Balaban J connectivity index is 2.37. The summed E-state index contributed by atoms with van der Waals surface area (Å²) in [4.78, 5) is 18.2. The maximum Gasteiger partial charge on any atom is 0.252 e. The van der Waals surface area contributed by atoms with Gasteiger partial charge in [-0.1, -0.05) is 13.8 Å². The molecule has 112 valence electrons. The highest BCUT2D eigenvalue weighted by Gasteiger charge is 2.05. The van der Waals surface area contributed by atoms with Gasteiger partial charge in [-0.15, -0.1) is 0 Å². The number of pyridine rings is 1. The molecule has 0 spiro atoms. The second-order valence-corrected chi connectivity index (χ2v) is 5.62. The first-order valence-corrected chi connectivity index (χ1v) is 7.12. The number of amides is 1. The minimum Gasteiger partial charge on any atom is -0.370 e. The van der Waals surface area contributed by atoms with Gasteiger partial charge >= 0.3 is 0 Å². The van der Waals surface area contributed by atoms with Crippen LogP contribution in [0.5, 0.6) is 0 Å². The van der Waals surface area contributed by atoms with E-state index in [9.17, 15) is 4.79 Å². The molecule has 0 saturated carbocycles. The highest BCUT2D eigenvalue weighted by atomic mass is 16.1. The van der Waals surface area contributed by atoms with E-state index in [4.69, 9.17) is 0 Å². The Morgan fingerprint density at radius 2 is 2.10 bits per heavy atom. The number of rotatable bonds is 8. The third-order valence-electron chi connectivity index (χ3n) is 2.78. The van der Waals surface area contributed by atoms with Crippen molar-refractivity contribution in [3.63, 3.8) is 0 Å². The molecule has 2 N–H and O–H groups in total. The van der Waals surface area contributed by atoms with E-state index in [0.29, 0.717) is 18.0 Å². The van der Waals surface area contributed by atoms with Crippen LogP contribution in [0, 0.1) is 5.92 Å². The van der Waals surface area contributed by atoms with Gasteiger partial charge in [0.25, 0.3) is 5.91 Å². The molecule has 0 aromatic carbocycles. The zero-order valence-electron chi connectivity index (χ0n) is 12.9. The monoisotopic (exact) mass is 278 g/mol. The van der Waals surface area contributed by atoms with Crippen LogP contribution in [-0.4, -0.2) is 49.5 Å². The average molecular weight is 278 g/mol. The summed E-state index contributed by atoms with van der Waals surface area (Å²) in [5, 5.41) is 6.12. The molecule has 1 aromatic heterocycles. The van der Waals surface area contributed by atoms with Gasteiger partial charge in [0.1, 0.15) is 5.82 Å². The number of anilines is 1. The van der Waals surface area contributed by atoms with Gasteiger partial charge in [0.15, 0.2) is 0 Å². The van der Waals surface area contributed by atoms with Crippen molar-refractivity contribution in [1.82, 2.24) is 15.2 Å². The summed E-state index contributed by atoms with van der Waals surface area (Å²) >= 11 is 0. The van der Waals surface area contributed by atoms with Crippen LogP contribution >= 0.6 is 0 Å². The first-order valence-electron chi connectivity index (χ1n) is 7.12. The molecule has 0 aliphatic rings. The minimum absolute atomic E-state index is 0.0633. The van der Waals surface area contributed by atoms with Crippen molar-refractivity contribution < 1.29 is 4.79 Å². The molecule has 5 heteroatoms. The van der Waals surface area contributed by atoms with Gasteiger partial charge in [0.2, 0.25) is 0 Å². The molecule has 0 saturated heterocycles. The predicted octanol–water partition coefficient (Wildman–Crippen LogP) is 1.83. The number of aromatic nitrogens is 1. The Bertz CT molecular complexity index is 401. The first-order chi connectivity index (χ1) is 9.49. The van der Waals surface area contributed by atoms with Crippen LogP contribution < -0.4 is 10.6 Å². The van der Waals surface area contributed by atoms with Crippen molar-refractivity contribution in [2.24, 2.45) is 5.92 Å². The number of carbonyl (C=O) groups excluding carboxylic acids is 1. The molecule has 1 aromatic rings. The van der Waals surface area contributed by atoms with Crippen molar-refractivity contribution in [1.29, 1.82) is 0 Å². The molecule has 0 aliphatic carbocycles. The molecule has 1 rings (SSSR count). The Morgan fingerprint density at radius 3 is 2.65 bits per heavy atom. The van der Waals surface area contributed by atoms with Crippen LogP contribution in [0.1, 0.15) is 30.6 Å². The molecule has 0 radical (unpaired) electrons. The lowest BCUT2D eigenvalue weighted by Crippen LogP contribution is -2.27. The third kappa shape index (κ3) is 6.52. The van der Waals surface area contributed by atoms with Gasteiger partial charge in [0.05, 0.1) is 5.56 Å². The predicted molar refractivity (Wildman–Crippen MR) is 83.1 cm³/mol. The number of carbonyl (C=O) groups is 1. The lowest BCUT2D eigenvalue weighted by atomic mass is 10.2. The molecule has 20 heavy (non-hydrogen) atoms. The number of hydrogen-bond donors (Lipinski definition) is 2. The van der Waals surface area contributed by atoms with Crippen LogP contribution in [0.3, 0.4) is 0 Å². The van der Waals surface area contributed by atoms with Crippen LogP contribution in [0.4, 0.5) is 5.82 Å². The Morgan fingerprint density at radius 1 is 1.35 bits per heavy atom. The summed E-state index contributed by atoms with van der Waals surface area (Å²) in [5.74, 6) is 1.31. The topological polar surface area (TPSA) is 57.3 Å². The van der Waals surface area contributed by atoms with Crippen molar-refractivity contribution in [2.45, 2.75) is 20.3 Å². The van der Waals surface area contributed by atoms with Crippen molar-refractivity contribution in [3.05, 3.63) is 23.9 Å². The normalized spacial score (nSPS) is 10.9. The molecule has 0 atom stereocenters. The molecule has 1 heterocycles. The molecule has 5 nitrogen and oxygen atoms in total. The zero-order valence-corrected chi connectivity index (χ0v) is 12.9. The first kappa shape index (κ1) is 16.4. The Hall–Kier alpha value is -1.62. The van der Waals surface area contributed by atoms with Gasteiger partial charge in [-0.25, -0.2) is 4.98 Å². The Kier molecular flexibility index (Phi) is 7.01.